The van der Waals surface area contributed by atoms with Crippen molar-refractivity contribution in [3.05, 3.63) is 11.8 Å². The quantitative estimate of drug-likeness (QED) is 0.878. The predicted molar refractivity (Wildman–Crippen MR) is 72.0 cm³/mol. The molecule has 5 heteroatoms. The van der Waals surface area contributed by atoms with Crippen LogP contribution in [0, 0.1) is 12.8 Å². The van der Waals surface area contributed by atoms with Gasteiger partial charge in [0.05, 0.1) is 7.11 Å². The highest BCUT2D eigenvalue weighted by Crippen LogP contribution is 2.17. The van der Waals surface area contributed by atoms with Gasteiger partial charge in [0.2, 0.25) is 11.8 Å². The first kappa shape index (κ1) is 13.1. The van der Waals surface area contributed by atoms with Crippen LogP contribution in [0.1, 0.15) is 18.5 Å². The Kier molecular flexibility index (Phi) is 4.36. The SMILES string of the molecule is COc1cc(C)nc(NCC2CCN(C)CC2)n1. The van der Waals surface area contributed by atoms with E-state index >= 15 is 0 Å². The molecule has 0 bridgehead atoms. The molecule has 1 N–H and O–H groups in total. The number of piperidine rings is 1. The maximum Gasteiger partial charge on any atom is 0.226 e. The lowest BCUT2D eigenvalue weighted by Gasteiger charge is -2.28. The van der Waals surface area contributed by atoms with Gasteiger partial charge in [-0.15, -0.1) is 0 Å². The van der Waals surface area contributed by atoms with Crippen molar-refractivity contribution >= 4 is 5.95 Å². The Morgan fingerprint density at radius 3 is 2.78 bits per heavy atom. The monoisotopic (exact) mass is 250 g/mol. The van der Waals surface area contributed by atoms with Crippen LogP contribution in [0.5, 0.6) is 5.88 Å². The van der Waals surface area contributed by atoms with Gasteiger partial charge in [-0.05, 0) is 45.8 Å². The Hall–Kier alpha value is -1.36. The number of likely N-dealkylation sites (tertiary alicyclic amines) is 1. The van der Waals surface area contributed by atoms with Crippen LogP contribution in [-0.2, 0) is 0 Å². The third-order valence-electron chi connectivity index (χ3n) is 3.43. The Balaban J connectivity index is 1.88. The third-order valence-corrected chi connectivity index (χ3v) is 3.43. The number of ether oxygens (including phenoxy) is 1. The average Bonchev–Trinajstić information content (AvgIpc) is 2.37. The summed E-state index contributed by atoms with van der Waals surface area (Å²) in [5, 5.41) is 3.32. The van der Waals surface area contributed by atoms with Crippen LogP contribution in [0.4, 0.5) is 5.95 Å². The molecule has 1 aliphatic heterocycles. The second-order valence-electron chi connectivity index (χ2n) is 5.00. The molecule has 1 aromatic rings. The van der Waals surface area contributed by atoms with Gasteiger partial charge in [-0.1, -0.05) is 0 Å². The molecule has 100 valence electrons. The van der Waals surface area contributed by atoms with E-state index in [1.165, 1.54) is 25.9 Å². The number of rotatable bonds is 4. The van der Waals surface area contributed by atoms with Gasteiger partial charge in [0.25, 0.3) is 0 Å². The van der Waals surface area contributed by atoms with Crippen molar-refractivity contribution in [3.8, 4) is 5.88 Å². The summed E-state index contributed by atoms with van der Waals surface area (Å²) in [6.07, 6.45) is 2.49. The molecule has 1 saturated heterocycles. The van der Waals surface area contributed by atoms with Gasteiger partial charge in [0.1, 0.15) is 0 Å². The van der Waals surface area contributed by atoms with Crippen LogP contribution in [-0.4, -0.2) is 48.7 Å². The zero-order valence-corrected chi connectivity index (χ0v) is 11.4. The highest BCUT2D eigenvalue weighted by atomic mass is 16.5. The minimum Gasteiger partial charge on any atom is -0.481 e. The van der Waals surface area contributed by atoms with Crippen LogP contribution >= 0.6 is 0 Å². The highest BCUT2D eigenvalue weighted by Gasteiger charge is 2.16. The number of nitrogens with one attached hydrogen (secondary N) is 1. The van der Waals surface area contributed by atoms with E-state index in [-0.39, 0.29) is 0 Å². The van der Waals surface area contributed by atoms with Gasteiger partial charge in [0, 0.05) is 18.3 Å². The fourth-order valence-electron chi connectivity index (χ4n) is 2.23. The first-order valence-electron chi connectivity index (χ1n) is 6.49. The molecule has 18 heavy (non-hydrogen) atoms. The molecule has 0 spiro atoms. The van der Waals surface area contributed by atoms with Gasteiger partial charge in [0.15, 0.2) is 0 Å². The molecule has 0 aliphatic carbocycles. The van der Waals surface area contributed by atoms with Crippen molar-refractivity contribution < 1.29 is 4.74 Å². The maximum absolute atomic E-state index is 5.14. The van der Waals surface area contributed by atoms with Crippen molar-refractivity contribution in [2.75, 3.05) is 39.1 Å². The summed E-state index contributed by atoms with van der Waals surface area (Å²) in [5.41, 5.74) is 0.924. The number of aromatic nitrogens is 2. The Bertz CT molecular complexity index is 389. The number of anilines is 1. The standard InChI is InChI=1S/C13H22N4O/c1-10-8-12(18-3)16-13(15-10)14-9-11-4-6-17(2)7-5-11/h8,11H,4-7,9H2,1-3H3,(H,14,15,16). The second kappa shape index (κ2) is 6.00. The normalized spacial score (nSPS) is 17.7. The lowest BCUT2D eigenvalue weighted by Crippen LogP contribution is -2.33. The largest absolute Gasteiger partial charge is 0.481 e. The van der Waals surface area contributed by atoms with Gasteiger partial charge < -0.3 is 15.0 Å². The summed E-state index contributed by atoms with van der Waals surface area (Å²) in [6.45, 7) is 5.26. The molecule has 2 rings (SSSR count). The summed E-state index contributed by atoms with van der Waals surface area (Å²) in [4.78, 5) is 11.0. The Labute approximate surface area is 109 Å². The zero-order chi connectivity index (χ0) is 13.0. The van der Waals surface area contributed by atoms with E-state index in [1.54, 1.807) is 7.11 Å². The van der Waals surface area contributed by atoms with Gasteiger partial charge in [-0.3, -0.25) is 0 Å². The van der Waals surface area contributed by atoms with Crippen molar-refractivity contribution in [1.29, 1.82) is 0 Å². The van der Waals surface area contributed by atoms with Crippen LogP contribution in [0.25, 0.3) is 0 Å². The van der Waals surface area contributed by atoms with Gasteiger partial charge in [-0.25, -0.2) is 4.98 Å². The van der Waals surface area contributed by atoms with Gasteiger partial charge in [-0.2, -0.15) is 4.98 Å². The van der Waals surface area contributed by atoms with Crippen LogP contribution < -0.4 is 10.1 Å². The fourth-order valence-corrected chi connectivity index (χ4v) is 2.23. The Morgan fingerprint density at radius 1 is 1.39 bits per heavy atom. The molecule has 2 heterocycles. The predicted octanol–water partition coefficient (Wildman–Crippen LogP) is 1.55. The van der Waals surface area contributed by atoms with E-state index < -0.39 is 0 Å². The topological polar surface area (TPSA) is 50.3 Å². The zero-order valence-electron chi connectivity index (χ0n) is 11.4. The molecule has 0 saturated carbocycles. The number of methoxy groups -OCH3 is 1. The summed E-state index contributed by atoms with van der Waals surface area (Å²) < 4.78 is 5.14. The third kappa shape index (κ3) is 3.57. The van der Waals surface area contributed by atoms with Crippen molar-refractivity contribution in [1.82, 2.24) is 14.9 Å². The Morgan fingerprint density at radius 2 is 2.11 bits per heavy atom. The molecule has 0 atom stereocenters. The van der Waals surface area contributed by atoms with Gasteiger partial charge >= 0.3 is 0 Å². The highest BCUT2D eigenvalue weighted by molar-refractivity contribution is 5.30. The molecule has 0 amide bonds. The molecule has 1 aromatic heterocycles. The number of aryl methyl sites for hydroxylation is 1. The maximum atomic E-state index is 5.14. The lowest BCUT2D eigenvalue weighted by molar-refractivity contribution is 0.226. The van der Waals surface area contributed by atoms with Crippen molar-refractivity contribution in [2.24, 2.45) is 5.92 Å². The molecular weight excluding hydrogens is 228 g/mol. The van der Waals surface area contributed by atoms with E-state index in [4.69, 9.17) is 4.74 Å². The molecule has 5 nitrogen and oxygen atoms in total. The van der Waals surface area contributed by atoms with E-state index in [1.807, 2.05) is 13.0 Å². The summed E-state index contributed by atoms with van der Waals surface area (Å²) in [6, 6.07) is 1.83. The second-order valence-corrected chi connectivity index (χ2v) is 5.00. The smallest absolute Gasteiger partial charge is 0.226 e. The molecule has 0 radical (unpaired) electrons. The number of hydrogen-bond acceptors (Lipinski definition) is 5. The van der Waals surface area contributed by atoms with E-state index in [2.05, 4.69) is 27.2 Å². The molecule has 1 fully saturated rings. The molecule has 1 aliphatic rings. The molecule has 0 unspecified atom stereocenters. The first-order chi connectivity index (χ1) is 8.67. The number of nitrogens with zero attached hydrogens (tertiary/aromatic N) is 3. The van der Waals surface area contributed by atoms with Crippen LogP contribution in [0.15, 0.2) is 6.07 Å². The first-order valence-corrected chi connectivity index (χ1v) is 6.49. The minimum atomic E-state index is 0.619. The van der Waals surface area contributed by atoms with Crippen molar-refractivity contribution in [3.63, 3.8) is 0 Å². The molecule has 0 aromatic carbocycles. The summed E-state index contributed by atoms with van der Waals surface area (Å²) in [5.74, 6) is 2.01. The summed E-state index contributed by atoms with van der Waals surface area (Å²) >= 11 is 0. The van der Waals surface area contributed by atoms with E-state index in [0.717, 1.165) is 18.2 Å². The van der Waals surface area contributed by atoms with E-state index in [9.17, 15) is 0 Å². The summed E-state index contributed by atoms with van der Waals surface area (Å²) in [7, 11) is 3.81. The van der Waals surface area contributed by atoms with E-state index in [0.29, 0.717) is 11.8 Å². The minimum absolute atomic E-state index is 0.619. The van der Waals surface area contributed by atoms with Crippen molar-refractivity contribution in [2.45, 2.75) is 19.8 Å². The lowest BCUT2D eigenvalue weighted by atomic mass is 9.97. The average molecular weight is 250 g/mol. The fraction of sp³-hybridized carbons (Fsp3) is 0.692. The van der Waals surface area contributed by atoms with Crippen LogP contribution in [0.2, 0.25) is 0 Å². The molecular formula is C13H22N4O. The van der Waals surface area contributed by atoms with Crippen LogP contribution in [0.3, 0.4) is 0 Å². The number of hydrogen-bond donors (Lipinski definition) is 1.